The molecule has 0 aliphatic heterocycles. The Bertz CT molecular complexity index is 1410. The molecule has 0 aromatic carbocycles. The van der Waals surface area contributed by atoms with E-state index in [0.717, 1.165) is 51.4 Å². The van der Waals surface area contributed by atoms with Gasteiger partial charge in [0.2, 0.25) is 0 Å². The lowest BCUT2D eigenvalue weighted by atomic mass is 9.85. The van der Waals surface area contributed by atoms with Crippen molar-refractivity contribution < 1.29 is 90.6 Å². The summed E-state index contributed by atoms with van der Waals surface area (Å²) in [5.41, 5.74) is 0. The van der Waals surface area contributed by atoms with Gasteiger partial charge in [0.1, 0.15) is 43.2 Å². The highest BCUT2D eigenvalue weighted by Gasteiger charge is 2.56. The van der Waals surface area contributed by atoms with Crippen LogP contribution in [-0.2, 0) is 50.9 Å². The molecular weight excluding hydrogens is 937 g/mol. The normalized spacial score (nSPS) is 21.5. The summed E-state index contributed by atoms with van der Waals surface area (Å²) >= 11 is 0. The molecule has 1 fully saturated rings. The summed E-state index contributed by atoms with van der Waals surface area (Å²) in [4.78, 5) is 73.3. The zero-order valence-corrected chi connectivity index (χ0v) is 43.2. The second-order valence-corrected chi connectivity index (χ2v) is 21.9. The second kappa shape index (κ2) is 37.9. The highest BCUT2D eigenvalue weighted by atomic mass is 31.2. The van der Waals surface area contributed by atoms with E-state index >= 15 is 0 Å². The van der Waals surface area contributed by atoms with Gasteiger partial charge in [-0.2, -0.15) is 0 Å². The number of phosphoric acid groups is 3. The molecule has 0 spiro atoms. The average molecular weight is 1030 g/mol. The molecule has 2 unspecified atom stereocenters. The highest BCUT2D eigenvalue weighted by Crippen LogP contribution is 2.51. The van der Waals surface area contributed by atoms with Crippen molar-refractivity contribution in [1.29, 1.82) is 0 Å². The average Bonchev–Trinajstić information content (AvgIpc) is 3.25. The van der Waals surface area contributed by atoms with Gasteiger partial charge in [0.05, 0.1) is 6.61 Å². The Balaban J connectivity index is 2.69. The SMILES string of the molecule is CCCCCCCCCCCCCCCCCC(=O)OCC(COP(=O)(O)O[C@@H]1[C@H](O)[C@H](O)[C@@H](OP(=O)(O)O)[C@H](OP(=O)(O)O)[C@H]1O)OC(=O)CCCCCCCCCCCCCCCCC. The van der Waals surface area contributed by atoms with Gasteiger partial charge in [0, 0.05) is 12.8 Å². The summed E-state index contributed by atoms with van der Waals surface area (Å²) in [6.07, 6.45) is 18.2. The third-order valence-corrected chi connectivity index (χ3v) is 13.9. The van der Waals surface area contributed by atoms with E-state index in [4.69, 9.17) is 18.5 Å². The van der Waals surface area contributed by atoms with Crippen LogP contribution in [0.2, 0.25) is 0 Å². The van der Waals surface area contributed by atoms with Crippen molar-refractivity contribution in [2.75, 3.05) is 13.2 Å². The van der Waals surface area contributed by atoms with Crippen LogP contribution < -0.4 is 0 Å². The van der Waals surface area contributed by atoms with Crippen LogP contribution in [0.5, 0.6) is 0 Å². The second-order valence-electron chi connectivity index (χ2n) is 18.1. The number of rotatable bonds is 44. The number of unbranched alkanes of at least 4 members (excludes halogenated alkanes) is 28. The van der Waals surface area contributed by atoms with E-state index < -0.39 is 91.3 Å². The van der Waals surface area contributed by atoms with Crippen LogP contribution in [0.4, 0.5) is 0 Å². The minimum absolute atomic E-state index is 0.00622. The van der Waals surface area contributed by atoms with Crippen molar-refractivity contribution >= 4 is 35.4 Å². The van der Waals surface area contributed by atoms with Gasteiger partial charge in [-0.3, -0.25) is 27.7 Å². The largest absolute Gasteiger partial charge is 0.472 e. The van der Waals surface area contributed by atoms with E-state index in [0.29, 0.717) is 12.8 Å². The van der Waals surface area contributed by atoms with Crippen molar-refractivity contribution in [3.05, 3.63) is 0 Å². The molecule has 0 radical (unpaired) electrons. The summed E-state index contributed by atoms with van der Waals surface area (Å²) in [5.74, 6) is -1.28. The van der Waals surface area contributed by atoms with Gasteiger partial charge in [-0.1, -0.05) is 194 Å². The maximum absolute atomic E-state index is 13.1. The van der Waals surface area contributed by atoms with Crippen LogP contribution >= 0.6 is 23.5 Å². The van der Waals surface area contributed by atoms with E-state index in [1.54, 1.807) is 0 Å². The first-order valence-electron chi connectivity index (χ1n) is 25.3. The van der Waals surface area contributed by atoms with Crippen LogP contribution in [0, 0.1) is 0 Å². The first kappa shape index (κ1) is 64.2. The van der Waals surface area contributed by atoms with Gasteiger partial charge in [0.15, 0.2) is 6.10 Å². The van der Waals surface area contributed by atoms with Crippen LogP contribution in [0.25, 0.3) is 0 Å². The van der Waals surface area contributed by atoms with Gasteiger partial charge >= 0.3 is 35.4 Å². The monoisotopic (exact) mass is 1030 g/mol. The van der Waals surface area contributed by atoms with Gasteiger partial charge < -0.3 is 49.3 Å². The molecule has 8 atom stereocenters. The molecule has 8 N–H and O–H groups in total. The van der Waals surface area contributed by atoms with E-state index in [2.05, 4.69) is 22.9 Å². The van der Waals surface area contributed by atoms with Crippen LogP contribution in [0.3, 0.4) is 0 Å². The molecule has 1 saturated carbocycles. The smallest absolute Gasteiger partial charge is 0.462 e. The molecule has 22 heteroatoms. The molecule has 0 bridgehead atoms. The predicted octanol–water partition coefficient (Wildman–Crippen LogP) is 9.52. The van der Waals surface area contributed by atoms with Crippen LogP contribution in [-0.4, -0.2) is 108 Å². The van der Waals surface area contributed by atoms with Gasteiger partial charge in [-0.15, -0.1) is 0 Å². The Kier molecular flexibility index (Phi) is 36.3. The van der Waals surface area contributed by atoms with Gasteiger partial charge in [-0.05, 0) is 12.8 Å². The van der Waals surface area contributed by atoms with Crippen molar-refractivity contribution in [1.82, 2.24) is 0 Å². The first-order valence-corrected chi connectivity index (χ1v) is 29.9. The molecule has 1 aliphatic carbocycles. The third-order valence-electron chi connectivity index (χ3n) is 11.9. The van der Waals surface area contributed by atoms with Crippen molar-refractivity contribution in [3.63, 3.8) is 0 Å². The molecule has 67 heavy (non-hydrogen) atoms. The topological polar surface area (TPSA) is 303 Å². The fourth-order valence-electron chi connectivity index (χ4n) is 8.11. The minimum atomic E-state index is -5.60. The number of hydrogen-bond acceptors (Lipinski definition) is 14. The summed E-state index contributed by atoms with van der Waals surface area (Å²) in [5, 5.41) is 31.9. The summed E-state index contributed by atoms with van der Waals surface area (Å²) in [6.45, 7) is 2.98. The Hall–Kier alpha value is -0.850. The van der Waals surface area contributed by atoms with Gasteiger partial charge in [0.25, 0.3) is 0 Å². The number of carbonyl (C=O) groups is 2. The Morgan fingerprint density at radius 1 is 0.418 bits per heavy atom. The number of ether oxygens (including phenoxy) is 2. The number of hydrogen-bond donors (Lipinski definition) is 8. The first-order chi connectivity index (χ1) is 31.8. The van der Waals surface area contributed by atoms with Gasteiger partial charge in [-0.25, -0.2) is 13.7 Å². The van der Waals surface area contributed by atoms with Crippen molar-refractivity contribution in [3.8, 4) is 0 Å². The zero-order valence-electron chi connectivity index (χ0n) is 40.5. The van der Waals surface area contributed by atoms with Crippen molar-refractivity contribution in [2.45, 2.75) is 262 Å². The number of carbonyl (C=O) groups excluding carboxylic acids is 2. The number of esters is 2. The Morgan fingerprint density at radius 3 is 1.09 bits per heavy atom. The van der Waals surface area contributed by atoms with Crippen LogP contribution in [0.15, 0.2) is 0 Å². The number of aliphatic hydroxyl groups excluding tert-OH is 3. The molecule has 0 amide bonds. The lowest BCUT2D eigenvalue weighted by molar-refractivity contribution is -0.213. The maximum Gasteiger partial charge on any atom is 0.472 e. The van der Waals surface area contributed by atoms with E-state index in [9.17, 15) is 63.1 Å². The Morgan fingerprint density at radius 2 is 0.731 bits per heavy atom. The van der Waals surface area contributed by atoms with E-state index in [1.807, 2.05) is 0 Å². The molecule has 0 saturated heterocycles. The fraction of sp³-hybridized carbons (Fsp3) is 0.956. The van der Waals surface area contributed by atoms with E-state index in [-0.39, 0.29) is 12.8 Å². The Labute approximate surface area is 400 Å². The molecule has 19 nitrogen and oxygen atoms in total. The van der Waals surface area contributed by atoms with Crippen LogP contribution in [0.1, 0.15) is 219 Å². The fourth-order valence-corrected chi connectivity index (χ4v) is 10.2. The lowest BCUT2D eigenvalue weighted by Gasteiger charge is -2.44. The third kappa shape index (κ3) is 34.2. The lowest BCUT2D eigenvalue weighted by Crippen LogP contribution is -2.65. The van der Waals surface area contributed by atoms with E-state index in [1.165, 1.54) is 128 Å². The quantitative estimate of drug-likeness (QED) is 0.0160. The molecule has 398 valence electrons. The molecule has 0 heterocycles. The van der Waals surface area contributed by atoms with Crippen molar-refractivity contribution in [2.24, 2.45) is 0 Å². The summed E-state index contributed by atoms with van der Waals surface area (Å²) in [6, 6.07) is 0. The number of aliphatic hydroxyl groups is 3. The highest BCUT2D eigenvalue weighted by molar-refractivity contribution is 7.47. The number of phosphoric ester groups is 3. The maximum atomic E-state index is 13.1. The summed E-state index contributed by atoms with van der Waals surface area (Å²) in [7, 11) is -16.6. The summed E-state index contributed by atoms with van der Waals surface area (Å²) < 4.78 is 65.6. The molecule has 1 aliphatic rings. The molecule has 0 aromatic heterocycles. The minimum Gasteiger partial charge on any atom is -0.462 e. The standard InChI is InChI=1S/C45H89O19P3/c1-3-5-7-9-11-13-15-17-19-21-23-25-27-29-31-33-38(46)59-35-37(61-39(47)34-32-30-28-26-24-22-20-18-16-14-12-10-8-6-4-2)36-60-67(57,58)64-43-40(48)41(49)44(62-65(51,52)53)45(42(43)50)63-66(54,55)56/h37,40-45,48-50H,3-36H2,1-2H3,(H,57,58)(H2,51,52,53)(H2,54,55,56)/t37?,40-,41+,42+,43-,44-,45-/m1/s1. The predicted molar refractivity (Wildman–Crippen MR) is 252 cm³/mol. The molecule has 1 rings (SSSR count). The molecule has 0 aromatic rings. The molecular formula is C45H89O19P3. The zero-order chi connectivity index (χ0) is 50.0.